The predicted octanol–water partition coefficient (Wildman–Crippen LogP) is 2.26. The first-order chi connectivity index (χ1) is 7.04. The number of hydrogen-bond acceptors (Lipinski definition) is 2. The van der Waals surface area contributed by atoms with Crippen molar-refractivity contribution in [2.45, 2.75) is 51.5 Å². The molecular weight excluding hydrogens is 188 g/mol. The second kappa shape index (κ2) is 3.47. The maximum Gasteiger partial charge on any atom is 0.129 e. The van der Waals surface area contributed by atoms with Gasteiger partial charge in [-0.05, 0) is 12.8 Å². The van der Waals surface area contributed by atoms with Gasteiger partial charge in [0.2, 0.25) is 0 Å². The summed E-state index contributed by atoms with van der Waals surface area (Å²) in [7, 11) is 0. The van der Waals surface area contributed by atoms with Crippen LogP contribution in [-0.2, 0) is 16.8 Å². The second-order valence-corrected chi connectivity index (χ2v) is 5.29. The number of carbonyl (C=O) groups is 1. The Balaban J connectivity index is 2.46. The molecule has 0 radical (unpaired) electrons. The fourth-order valence-corrected chi connectivity index (χ4v) is 2.27. The van der Waals surface area contributed by atoms with Gasteiger partial charge in [0.05, 0.1) is 5.92 Å². The van der Waals surface area contributed by atoms with E-state index in [-0.39, 0.29) is 11.3 Å². The van der Waals surface area contributed by atoms with Gasteiger partial charge >= 0.3 is 0 Å². The van der Waals surface area contributed by atoms with Gasteiger partial charge in [0.1, 0.15) is 12.1 Å². The summed E-state index contributed by atoms with van der Waals surface area (Å²) >= 11 is 0. The summed E-state index contributed by atoms with van der Waals surface area (Å²) in [4.78, 5) is 15.4. The van der Waals surface area contributed by atoms with Gasteiger partial charge in [0.15, 0.2) is 0 Å². The molecule has 1 aliphatic heterocycles. The number of nitrogens with zero attached hydrogens (tertiary/aromatic N) is 2. The number of aldehydes is 1. The van der Waals surface area contributed by atoms with Crippen LogP contribution in [0, 0.1) is 0 Å². The van der Waals surface area contributed by atoms with E-state index in [1.165, 1.54) is 0 Å². The van der Waals surface area contributed by atoms with Crippen molar-refractivity contribution in [1.82, 2.24) is 9.55 Å². The molecule has 0 saturated carbocycles. The molecule has 1 aliphatic rings. The van der Waals surface area contributed by atoms with Crippen LogP contribution in [0.15, 0.2) is 6.20 Å². The lowest BCUT2D eigenvalue weighted by atomic mass is 9.93. The molecule has 82 valence electrons. The zero-order chi connectivity index (χ0) is 11.1. The average molecular weight is 206 g/mol. The maximum atomic E-state index is 10.9. The van der Waals surface area contributed by atoms with E-state index < -0.39 is 0 Å². The number of imidazole rings is 1. The molecular formula is C12H18N2O. The lowest BCUT2D eigenvalue weighted by Crippen LogP contribution is -2.24. The Kier molecular flexibility index (Phi) is 2.41. The van der Waals surface area contributed by atoms with Gasteiger partial charge in [-0.1, -0.05) is 20.8 Å². The number of aromatic nitrogens is 2. The Morgan fingerprint density at radius 3 is 2.87 bits per heavy atom. The van der Waals surface area contributed by atoms with Gasteiger partial charge < -0.3 is 9.36 Å². The highest BCUT2D eigenvalue weighted by Gasteiger charge is 2.27. The van der Waals surface area contributed by atoms with E-state index in [2.05, 4.69) is 30.3 Å². The fourth-order valence-electron chi connectivity index (χ4n) is 2.27. The van der Waals surface area contributed by atoms with Crippen LogP contribution in [0.25, 0.3) is 0 Å². The van der Waals surface area contributed by atoms with E-state index >= 15 is 0 Å². The predicted molar refractivity (Wildman–Crippen MR) is 59.0 cm³/mol. The first-order valence-electron chi connectivity index (χ1n) is 5.55. The van der Waals surface area contributed by atoms with Crippen molar-refractivity contribution < 1.29 is 4.79 Å². The van der Waals surface area contributed by atoms with Gasteiger partial charge in [-0.15, -0.1) is 0 Å². The molecule has 0 spiro atoms. The Morgan fingerprint density at radius 1 is 1.53 bits per heavy atom. The summed E-state index contributed by atoms with van der Waals surface area (Å²) in [5.74, 6) is 1.16. The molecule has 0 amide bonds. The van der Waals surface area contributed by atoms with E-state index in [1.54, 1.807) is 0 Å². The smallest absolute Gasteiger partial charge is 0.129 e. The van der Waals surface area contributed by atoms with Crippen LogP contribution >= 0.6 is 0 Å². The van der Waals surface area contributed by atoms with E-state index in [4.69, 9.17) is 0 Å². The van der Waals surface area contributed by atoms with Crippen molar-refractivity contribution in [3.05, 3.63) is 17.7 Å². The minimum Gasteiger partial charge on any atom is -0.331 e. The molecule has 15 heavy (non-hydrogen) atoms. The Hall–Kier alpha value is -1.12. The van der Waals surface area contributed by atoms with E-state index in [9.17, 15) is 4.79 Å². The summed E-state index contributed by atoms with van der Waals surface area (Å²) in [5, 5.41) is 0. The molecule has 3 heteroatoms. The van der Waals surface area contributed by atoms with Crippen LogP contribution in [0.5, 0.6) is 0 Å². The number of carbonyl (C=O) groups excluding carboxylic acids is 1. The van der Waals surface area contributed by atoms with Gasteiger partial charge in [0.25, 0.3) is 0 Å². The summed E-state index contributed by atoms with van der Waals surface area (Å²) in [5.41, 5.74) is 1.16. The average Bonchev–Trinajstić information content (AvgIpc) is 2.59. The standard InChI is InChI=1S/C12H18N2O/c1-12(2,3)11-13-7-10-9(8-15)5-4-6-14(10)11/h7-9H,4-6H2,1-3H3. The van der Waals surface area contributed by atoms with Crippen LogP contribution in [-0.4, -0.2) is 15.8 Å². The lowest BCUT2D eigenvalue weighted by Gasteiger charge is -2.25. The first-order valence-corrected chi connectivity index (χ1v) is 5.55. The number of fused-ring (bicyclic) bond motifs is 1. The van der Waals surface area contributed by atoms with Crippen molar-refractivity contribution in [3.8, 4) is 0 Å². The quantitative estimate of drug-likeness (QED) is 0.661. The van der Waals surface area contributed by atoms with Crippen molar-refractivity contribution >= 4 is 6.29 Å². The zero-order valence-corrected chi connectivity index (χ0v) is 9.66. The van der Waals surface area contributed by atoms with Crippen molar-refractivity contribution in [2.75, 3.05) is 0 Å². The lowest BCUT2D eigenvalue weighted by molar-refractivity contribution is -0.109. The van der Waals surface area contributed by atoms with Gasteiger partial charge in [-0.2, -0.15) is 0 Å². The minimum absolute atomic E-state index is 0.0577. The second-order valence-electron chi connectivity index (χ2n) is 5.29. The summed E-state index contributed by atoms with van der Waals surface area (Å²) in [6.45, 7) is 7.49. The Labute approximate surface area is 90.5 Å². The molecule has 1 aromatic rings. The summed E-state index contributed by atoms with van der Waals surface area (Å²) in [6, 6.07) is 0. The van der Waals surface area contributed by atoms with Gasteiger partial charge in [-0.25, -0.2) is 4.98 Å². The van der Waals surface area contributed by atoms with Crippen LogP contribution in [0.2, 0.25) is 0 Å². The molecule has 1 unspecified atom stereocenters. The third-order valence-electron chi connectivity index (χ3n) is 3.00. The maximum absolute atomic E-state index is 10.9. The van der Waals surface area contributed by atoms with E-state index in [1.807, 2.05) is 6.20 Å². The first kappa shape index (κ1) is 10.4. The minimum atomic E-state index is 0.0577. The monoisotopic (exact) mass is 206 g/mol. The number of rotatable bonds is 1. The molecule has 0 fully saturated rings. The topological polar surface area (TPSA) is 34.9 Å². The van der Waals surface area contributed by atoms with E-state index in [0.29, 0.717) is 0 Å². The van der Waals surface area contributed by atoms with Crippen LogP contribution < -0.4 is 0 Å². The highest BCUT2D eigenvalue weighted by Crippen LogP contribution is 2.30. The Morgan fingerprint density at radius 2 is 2.27 bits per heavy atom. The highest BCUT2D eigenvalue weighted by atomic mass is 16.1. The molecule has 1 atom stereocenters. The SMILES string of the molecule is CC(C)(C)c1ncc2n1CCCC2C=O. The Bertz CT molecular complexity index is 373. The largest absolute Gasteiger partial charge is 0.331 e. The van der Waals surface area contributed by atoms with Gasteiger partial charge in [0, 0.05) is 23.9 Å². The van der Waals surface area contributed by atoms with Crippen molar-refractivity contribution in [3.63, 3.8) is 0 Å². The third-order valence-corrected chi connectivity index (χ3v) is 3.00. The zero-order valence-electron chi connectivity index (χ0n) is 9.66. The molecule has 2 heterocycles. The van der Waals surface area contributed by atoms with Crippen molar-refractivity contribution in [2.24, 2.45) is 0 Å². The normalized spacial score (nSPS) is 21.1. The third kappa shape index (κ3) is 1.71. The van der Waals surface area contributed by atoms with E-state index in [0.717, 1.165) is 37.2 Å². The van der Waals surface area contributed by atoms with Crippen molar-refractivity contribution in [1.29, 1.82) is 0 Å². The van der Waals surface area contributed by atoms with Crippen LogP contribution in [0.3, 0.4) is 0 Å². The van der Waals surface area contributed by atoms with Crippen LogP contribution in [0.1, 0.15) is 51.0 Å². The fraction of sp³-hybridized carbons (Fsp3) is 0.667. The van der Waals surface area contributed by atoms with Gasteiger partial charge in [-0.3, -0.25) is 0 Å². The molecule has 0 aromatic carbocycles. The molecule has 2 rings (SSSR count). The summed E-state index contributed by atoms with van der Waals surface area (Å²) in [6.07, 6.45) is 4.98. The molecule has 3 nitrogen and oxygen atoms in total. The molecule has 1 aromatic heterocycles. The highest BCUT2D eigenvalue weighted by molar-refractivity contribution is 5.61. The molecule has 0 N–H and O–H groups in total. The molecule has 0 saturated heterocycles. The number of hydrogen-bond donors (Lipinski definition) is 0. The molecule has 0 aliphatic carbocycles. The van der Waals surface area contributed by atoms with Crippen LogP contribution in [0.4, 0.5) is 0 Å². The molecule has 0 bridgehead atoms. The summed E-state index contributed by atoms with van der Waals surface area (Å²) < 4.78 is 2.22.